The fourth-order valence-corrected chi connectivity index (χ4v) is 3.44. The highest BCUT2D eigenvalue weighted by Gasteiger charge is 2.33. The maximum absolute atomic E-state index is 6.03. The molecule has 18 heavy (non-hydrogen) atoms. The largest absolute Gasteiger partial charge is 0.381 e. The molecule has 2 fully saturated rings. The van der Waals surface area contributed by atoms with Crippen LogP contribution in [0, 0.1) is 5.41 Å². The van der Waals surface area contributed by atoms with Crippen molar-refractivity contribution in [1.29, 1.82) is 0 Å². The van der Waals surface area contributed by atoms with Gasteiger partial charge in [0.2, 0.25) is 0 Å². The van der Waals surface area contributed by atoms with Crippen molar-refractivity contribution in [1.82, 2.24) is 9.80 Å². The van der Waals surface area contributed by atoms with E-state index in [1.54, 1.807) is 0 Å². The smallest absolute Gasteiger partial charge is 0.0472 e. The Morgan fingerprint density at radius 2 is 2.11 bits per heavy atom. The second kappa shape index (κ2) is 6.33. The van der Waals surface area contributed by atoms with E-state index < -0.39 is 0 Å². The van der Waals surface area contributed by atoms with E-state index in [1.165, 1.54) is 25.9 Å². The molecule has 106 valence electrons. The van der Waals surface area contributed by atoms with Crippen LogP contribution in [-0.2, 0) is 4.74 Å². The van der Waals surface area contributed by atoms with E-state index in [0.717, 1.165) is 45.2 Å². The van der Waals surface area contributed by atoms with Crippen LogP contribution in [0.25, 0.3) is 0 Å². The van der Waals surface area contributed by atoms with Crippen molar-refractivity contribution in [2.75, 3.05) is 53.5 Å². The first-order chi connectivity index (χ1) is 8.65. The van der Waals surface area contributed by atoms with E-state index in [4.69, 9.17) is 10.5 Å². The van der Waals surface area contributed by atoms with E-state index in [2.05, 4.69) is 23.9 Å². The molecule has 2 rings (SSSR count). The standard InChI is InChI=1S/C14H29N3O/c1-16(10-13-4-3-7-17(13)2)12-14(11-15)5-8-18-9-6-14/h13H,3-12,15H2,1-2H3. The summed E-state index contributed by atoms with van der Waals surface area (Å²) in [5, 5.41) is 0. The predicted octanol–water partition coefficient (Wildman–Crippen LogP) is 0.768. The average Bonchev–Trinajstić information content (AvgIpc) is 2.76. The van der Waals surface area contributed by atoms with Gasteiger partial charge in [-0.25, -0.2) is 0 Å². The molecular weight excluding hydrogens is 226 g/mol. The Bertz CT molecular complexity index is 253. The van der Waals surface area contributed by atoms with Crippen LogP contribution < -0.4 is 5.73 Å². The van der Waals surface area contributed by atoms with Crippen molar-refractivity contribution < 1.29 is 4.74 Å². The van der Waals surface area contributed by atoms with Gasteiger partial charge in [0, 0.05) is 32.3 Å². The van der Waals surface area contributed by atoms with Gasteiger partial charge in [0.1, 0.15) is 0 Å². The third kappa shape index (κ3) is 3.44. The number of nitrogens with two attached hydrogens (primary N) is 1. The van der Waals surface area contributed by atoms with Crippen LogP contribution in [0.2, 0.25) is 0 Å². The topological polar surface area (TPSA) is 41.7 Å². The molecule has 1 unspecified atom stereocenters. The highest BCUT2D eigenvalue weighted by atomic mass is 16.5. The van der Waals surface area contributed by atoms with Gasteiger partial charge in [-0.3, -0.25) is 0 Å². The van der Waals surface area contributed by atoms with Gasteiger partial charge in [0.25, 0.3) is 0 Å². The number of ether oxygens (including phenoxy) is 1. The zero-order chi connectivity index (χ0) is 13.0. The molecule has 2 N–H and O–H groups in total. The minimum absolute atomic E-state index is 0.296. The van der Waals surface area contributed by atoms with Crippen molar-refractivity contribution in [3.8, 4) is 0 Å². The predicted molar refractivity (Wildman–Crippen MR) is 74.7 cm³/mol. The maximum atomic E-state index is 6.03. The quantitative estimate of drug-likeness (QED) is 0.788. The van der Waals surface area contributed by atoms with Gasteiger partial charge in [-0.05, 0) is 58.3 Å². The third-order valence-corrected chi connectivity index (χ3v) is 4.79. The lowest BCUT2D eigenvalue weighted by atomic mass is 9.80. The average molecular weight is 255 g/mol. The van der Waals surface area contributed by atoms with Gasteiger partial charge >= 0.3 is 0 Å². The molecule has 2 aliphatic heterocycles. The van der Waals surface area contributed by atoms with Crippen LogP contribution in [0.15, 0.2) is 0 Å². The fourth-order valence-electron chi connectivity index (χ4n) is 3.44. The monoisotopic (exact) mass is 255 g/mol. The molecular formula is C14H29N3O. The summed E-state index contributed by atoms with van der Waals surface area (Å²) < 4.78 is 5.48. The van der Waals surface area contributed by atoms with Gasteiger partial charge in [0.15, 0.2) is 0 Å². The van der Waals surface area contributed by atoms with Crippen LogP contribution >= 0.6 is 0 Å². The number of hydrogen-bond acceptors (Lipinski definition) is 4. The summed E-state index contributed by atoms with van der Waals surface area (Å²) >= 11 is 0. The first-order valence-electron chi connectivity index (χ1n) is 7.32. The summed E-state index contributed by atoms with van der Waals surface area (Å²) in [4.78, 5) is 4.99. The zero-order valence-electron chi connectivity index (χ0n) is 12.0. The summed E-state index contributed by atoms with van der Waals surface area (Å²) in [6, 6.07) is 0.740. The van der Waals surface area contributed by atoms with E-state index in [-0.39, 0.29) is 0 Å². The Labute approximate surface area is 111 Å². The lowest BCUT2D eigenvalue weighted by Gasteiger charge is -2.40. The second-order valence-electron chi connectivity index (χ2n) is 6.29. The van der Waals surface area contributed by atoms with Gasteiger partial charge in [0.05, 0.1) is 0 Å². The molecule has 4 heteroatoms. The van der Waals surface area contributed by atoms with Gasteiger partial charge in [-0.2, -0.15) is 0 Å². The number of nitrogens with zero attached hydrogens (tertiary/aromatic N) is 2. The summed E-state index contributed by atoms with van der Waals surface area (Å²) in [6.07, 6.45) is 4.94. The van der Waals surface area contributed by atoms with Crippen molar-refractivity contribution in [2.45, 2.75) is 31.7 Å². The first-order valence-corrected chi connectivity index (χ1v) is 7.32. The Balaban J connectivity index is 1.83. The molecule has 4 nitrogen and oxygen atoms in total. The highest BCUT2D eigenvalue weighted by molar-refractivity contribution is 4.87. The zero-order valence-corrected chi connectivity index (χ0v) is 12.0. The number of likely N-dealkylation sites (N-methyl/N-ethyl adjacent to an activating group) is 2. The third-order valence-electron chi connectivity index (χ3n) is 4.79. The van der Waals surface area contributed by atoms with Crippen LogP contribution in [0.4, 0.5) is 0 Å². The molecule has 2 saturated heterocycles. The Hall–Kier alpha value is -0.160. The highest BCUT2D eigenvalue weighted by Crippen LogP contribution is 2.30. The van der Waals surface area contributed by atoms with Crippen LogP contribution in [-0.4, -0.2) is 69.3 Å². The van der Waals surface area contributed by atoms with Crippen LogP contribution in [0.3, 0.4) is 0 Å². The van der Waals surface area contributed by atoms with Crippen molar-refractivity contribution >= 4 is 0 Å². The van der Waals surface area contributed by atoms with E-state index in [9.17, 15) is 0 Å². The number of likely N-dealkylation sites (tertiary alicyclic amines) is 1. The SMILES string of the molecule is CN(CC1CCCN1C)CC1(CN)CCOCC1. The molecule has 0 radical (unpaired) electrons. The molecule has 0 aliphatic carbocycles. The fraction of sp³-hybridized carbons (Fsp3) is 1.00. The molecule has 0 aromatic carbocycles. The molecule has 2 heterocycles. The second-order valence-corrected chi connectivity index (χ2v) is 6.29. The first kappa shape index (κ1) is 14.3. The van der Waals surface area contributed by atoms with E-state index in [1.807, 2.05) is 0 Å². The molecule has 0 bridgehead atoms. The van der Waals surface area contributed by atoms with Crippen LogP contribution in [0.1, 0.15) is 25.7 Å². The molecule has 0 spiro atoms. The summed E-state index contributed by atoms with van der Waals surface area (Å²) in [6.45, 7) is 6.12. The number of rotatable bonds is 5. The van der Waals surface area contributed by atoms with Crippen molar-refractivity contribution in [2.24, 2.45) is 11.1 Å². The Morgan fingerprint density at radius 3 is 2.67 bits per heavy atom. The van der Waals surface area contributed by atoms with Crippen LogP contribution in [0.5, 0.6) is 0 Å². The van der Waals surface area contributed by atoms with Crippen molar-refractivity contribution in [3.63, 3.8) is 0 Å². The van der Waals surface area contributed by atoms with Gasteiger partial charge in [-0.1, -0.05) is 0 Å². The van der Waals surface area contributed by atoms with E-state index >= 15 is 0 Å². The van der Waals surface area contributed by atoms with Gasteiger partial charge < -0.3 is 20.3 Å². The molecule has 2 aliphatic rings. The Kier molecular flexibility index (Phi) is 5.01. The summed E-state index contributed by atoms with van der Waals surface area (Å²) in [7, 11) is 4.50. The lowest BCUT2D eigenvalue weighted by molar-refractivity contribution is 0.00141. The molecule has 0 aromatic rings. The van der Waals surface area contributed by atoms with Crippen molar-refractivity contribution in [3.05, 3.63) is 0 Å². The molecule has 1 atom stereocenters. The van der Waals surface area contributed by atoms with Gasteiger partial charge in [-0.15, -0.1) is 0 Å². The number of hydrogen-bond donors (Lipinski definition) is 1. The minimum atomic E-state index is 0.296. The normalized spacial score (nSPS) is 29.0. The minimum Gasteiger partial charge on any atom is -0.381 e. The summed E-state index contributed by atoms with van der Waals surface area (Å²) in [5.74, 6) is 0. The maximum Gasteiger partial charge on any atom is 0.0472 e. The Morgan fingerprint density at radius 1 is 1.39 bits per heavy atom. The molecule has 0 aromatic heterocycles. The molecule has 0 saturated carbocycles. The summed E-state index contributed by atoms with van der Waals surface area (Å²) in [5.41, 5.74) is 6.33. The molecule has 0 amide bonds. The van der Waals surface area contributed by atoms with E-state index in [0.29, 0.717) is 5.41 Å². The lowest BCUT2D eigenvalue weighted by Crippen LogP contribution is -2.47.